The van der Waals surface area contributed by atoms with Crippen molar-refractivity contribution in [1.29, 1.82) is 0 Å². The molecule has 2 rings (SSSR count). The van der Waals surface area contributed by atoms with Gasteiger partial charge >= 0.3 is 0 Å². The van der Waals surface area contributed by atoms with Crippen LogP contribution in [0.15, 0.2) is 24.3 Å². The fourth-order valence-electron chi connectivity index (χ4n) is 3.16. The van der Waals surface area contributed by atoms with Crippen LogP contribution in [0.5, 0.6) is 0 Å². The third-order valence-electron chi connectivity index (χ3n) is 4.24. The minimum absolute atomic E-state index is 0.352. The van der Waals surface area contributed by atoms with Gasteiger partial charge in [-0.15, -0.1) is 0 Å². The van der Waals surface area contributed by atoms with Crippen molar-refractivity contribution in [2.24, 2.45) is 5.41 Å². The molecule has 1 aromatic rings. The molecule has 0 spiro atoms. The molecule has 2 nitrogen and oxygen atoms in total. The number of hydrogen-bond donors (Lipinski definition) is 1. The van der Waals surface area contributed by atoms with Crippen LogP contribution in [0.2, 0.25) is 5.02 Å². The maximum atomic E-state index is 6.07. The van der Waals surface area contributed by atoms with E-state index in [9.17, 15) is 0 Å². The first-order chi connectivity index (χ1) is 10.0. The molecular weight excluding hydrogens is 280 g/mol. The summed E-state index contributed by atoms with van der Waals surface area (Å²) < 4.78 is 0. The van der Waals surface area contributed by atoms with E-state index in [1.54, 1.807) is 0 Å². The SMILES string of the molecule is CCCC(C)(CNC1CC1)CN(C)Cc1cccc(Cl)c1. The van der Waals surface area contributed by atoms with E-state index in [-0.39, 0.29) is 0 Å². The molecule has 0 radical (unpaired) electrons. The second-order valence-corrected chi connectivity index (χ2v) is 7.45. The molecule has 0 bridgehead atoms. The monoisotopic (exact) mass is 308 g/mol. The van der Waals surface area contributed by atoms with Crippen LogP contribution < -0.4 is 5.32 Å². The van der Waals surface area contributed by atoms with Gasteiger partial charge in [-0.1, -0.05) is 44.0 Å². The average molecular weight is 309 g/mol. The van der Waals surface area contributed by atoms with Crippen LogP contribution >= 0.6 is 11.6 Å². The number of benzene rings is 1. The van der Waals surface area contributed by atoms with Crippen molar-refractivity contribution in [3.63, 3.8) is 0 Å². The second-order valence-electron chi connectivity index (χ2n) is 7.02. The van der Waals surface area contributed by atoms with Crippen molar-refractivity contribution in [2.75, 3.05) is 20.1 Å². The maximum Gasteiger partial charge on any atom is 0.0409 e. The van der Waals surface area contributed by atoms with E-state index in [2.05, 4.69) is 43.2 Å². The Morgan fingerprint density at radius 1 is 1.38 bits per heavy atom. The lowest BCUT2D eigenvalue weighted by molar-refractivity contribution is 0.167. The lowest BCUT2D eigenvalue weighted by atomic mass is 9.84. The summed E-state index contributed by atoms with van der Waals surface area (Å²) >= 11 is 6.07. The zero-order chi connectivity index (χ0) is 15.3. The van der Waals surface area contributed by atoms with Crippen LogP contribution in [0.3, 0.4) is 0 Å². The van der Waals surface area contributed by atoms with Crippen LogP contribution in [0, 0.1) is 5.41 Å². The highest BCUT2D eigenvalue weighted by Gasteiger charge is 2.29. The Kier molecular flexibility index (Phi) is 6.09. The van der Waals surface area contributed by atoms with E-state index in [1.807, 2.05) is 12.1 Å². The minimum atomic E-state index is 0.352. The Morgan fingerprint density at radius 2 is 2.14 bits per heavy atom. The van der Waals surface area contributed by atoms with Crippen molar-refractivity contribution in [3.05, 3.63) is 34.9 Å². The third kappa shape index (κ3) is 5.98. The van der Waals surface area contributed by atoms with Gasteiger partial charge in [-0.3, -0.25) is 0 Å². The van der Waals surface area contributed by atoms with Crippen LogP contribution in [0.25, 0.3) is 0 Å². The van der Waals surface area contributed by atoms with Gasteiger partial charge in [0.25, 0.3) is 0 Å². The molecule has 1 aromatic carbocycles. The van der Waals surface area contributed by atoms with Gasteiger partial charge in [-0.05, 0) is 49.4 Å². The summed E-state index contributed by atoms with van der Waals surface area (Å²) in [6.07, 6.45) is 5.24. The van der Waals surface area contributed by atoms with Gasteiger partial charge in [0.05, 0.1) is 0 Å². The Morgan fingerprint density at radius 3 is 2.76 bits per heavy atom. The quantitative estimate of drug-likeness (QED) is 0.730. The average Bonchev–Trinajstić information content (AvgIpc) is 3.20. The van der Waals surface area contributed by atoms with Crippen LogP contribution in [-0.2, 0) is 6.54 Å². The van der Waals surface area contributed by atoms with Gasteiger partial charge in [0.15, 0.2) is 0 Å². The molecule has 0 amide bonds. The van der Waals surface area contributed by atoms with Gasteiger partial charge < -0.3 is 10.2 Å². The van der Waals surface area contributed by atoms with Crippen molar-refractivity contribution in [1.82, 2.24) is 10.2 Å². The standard InChI is InChI=1S/C18H29ClN2/c1-4-10-18(2,13-20-17-8-9-17)14-21(3)12-15-6-5-7-16(19)11-15/h5-7,11,17,20H,4,8-10,12-14H2,1-3H3. The number of nitrogens with one attached hydrogen (secondary N) is 1. The highest BCUT2D eigenvalue weighted by Crippen LogP contribution is 2.27. The number of nitrogens with zero attached hydrogens (tertiary/aromatic N) is 1. The van der Waals surface area contributed by atoms with Crippen LogP contribution in [0.1, 0.15) is 45.1 Å². The largest absolute Gasteiger partial charge is 0.313 e. The van der Waals surface area contributed by atoms with Crippen LogP contribution in [-0.4, -0.2) is 31.1 Å². The fourth-order valence-corrected chi connectivity index (χ4v) is 3.37. The Labute approximate surface area is 134 Å². The molecule has 1 unspecified atom stereocenters. The summed E-state index contributed by atoms with van der Waals surface area (Å²) in [7, 11) is 2.21. The van der Waals surface area contributed by atoms with Gasteiger partial charge in [0.2, 0.25) is 0 Å². The Bertz CT molecular complexity index is 445. The molecule has 0 aromatic heterocycles. The van der Waals surface area contributed by atoms with E-state index in [0.29, 0.717) is 5.41 Å². The molecule has 1 aliphatic rings. The second kappa shape index (κ2) is 7.62. The zero-order valence-electron chi connectivity index (χ0n) is 13.7. The number of hydrogen-bond acceptors (Lipinski definition) is 2. The molecule has 1 atom stereocenters. The smallest absolute Gasteiger partial charge is 0.0409 e. The summed E-state index contributed by atoms with van der Waals surface area (Å²) in [5, 5.41) is 4.54. The van der Waals surface area contributed by atoms with Gasteiger partial charge in [-0.2, -0.15) is 0 Å². The molecule has 21 heavy (non-hydrogen) atoms. The molecule has 3 heteroatoms. The van der Waals surface area contributed by atoms with E-state index in [0.717, 1.165) is 30.7 Å². The first kappa shape index (κ1) is 16.8. The van der Waals surface area contributed by atoms with Crippen LogP contribution in [0.4, 0.5) is 0 Å². The molecule has 1 N–H and O–H groups in total. The van der Waals surface area contributed by atoms with Gasteiger partial charge in [0.1, 0.15) is 0 Å². The molecular formula is C18H29ClN2. The predicted octanol–water partition coefficient (Wildman–Crippen LogP) is 4.33. The first-order valence-electron chi connectivity index (χ1n) is 8.17. The molecule has 0 aliphatic heterocycles. The Hall–Kier alpha value is -0.570. The lowest BCUT2D eigenvalue weighted by Gasteiger charge is -2.34. The van der Waals surface area contributed by atoms with E-state index >= 15 is 0 Å². The topological polar surface area (TPSA) is 15.3 Å². The fraction of sp³-hybridized carbons (Fsp3) is 0.667. The lowest BCUT2D eigenvalue weighted by Crippen LogP contribution is -2.41. The summed E-state index contributed by atoms with van der Waals surface area (Å²) in [5.41, 5.74) is 1.64. The predicted molar refractivity (Wildman–Crippen MR) is 91.8 cm³/mol. The minimum Gasteiger partial charge on any atom is -0.313 e. The van der Waals surface area contributed by atoms with Gasteiger partial charge in [0, 0.05) is 30.7 Å². The first-order valence-corrected chi connectivity index (χ1v) is 8.55. The molecule has 1 aliphatic carbocycles. The summed E-state index contributed by atoms with van der Waals surface area (Å²) in [6, 6.07) is 8.98. The highest BCUT2D eigenvalue weighted by molar-refractivity contribution is 6.30. The Balaban J connectivity index is 1.88. The summed E-state index contributed by atoms with van der Waals surface area (Å²) in [6.45, 7) is 7.91. The zero-order valence-corrected chi connectivity index (χ0v) is 14.4. The van der Waals surface area contributed by atoms with E-state index < -0.39 is 0 Å². The molecule has 0 saturated heterocycles. The normalized spacial score (nSPS) is 18.0. The number of rotatable bonds is 9. The van der Waals surface area contributed by atoms with E-state index in [1.165, 1.54) is 31.2 Å². The van der Waals surface area contributed by atoms with Gasteiger partial charge in [-0.25, -0.2) is 0 Å². The van der Waals surface area contributed by atoms with Crippen molar-refractivity contribution in [2.45, 2.75) is 52.1 Å². The summed E-state index contributed by atoms with van der Waals surface area (Å²) in [5.74, 6) is 0. The van der Waals surface area contributed by atoms with Crippen molar-refractivity contribution in [3.8, 4) is 0 Å². The van der Waals surface area contributed by atoms with E-state index in [4.69, 9.17) is 11.6 Å². The molecule has 1 saturated carbocycles. The molecule has 0 heterocycles. The van der Waals surface area contributed by atoms with Crippen molar-refractivity contribution >= 4 is 11.6 Å². The number of halogens is 1. The maximum absolute atomic E-state index is 6.07. The van der Waals surface area contributed by atoms with Crippen molar-refractivity contribution < 1.29 is 0 Å². The highest BCUT2D eigenvalue weighted by atomic mass is 35.5. The molecule has 1 fully saturated rings. The summed E-state index contributed by atoms with van der Waals surface area (Å²) in [4.78, 5) is 2.43. The third-order valence-corrected chi connectivity index (χ3v) is 4.48. The molecule has 118 valence electrons.